The van der Waals surface area contributed by atoms with E-state index in [1.165, 1.54) is 16.3 Å². The highest BCUT2D eigenvalue weighted by atomic mass is 32.1. The molecule has 0 amide bonds. The maximum absolute atomic E-state index is 4.37. The van der Waals surface area contributed by atoms with Gasteiger partial charge in [-0.05, 0) is 11.6 Å². The molecule has 1 aromatic heterocycles. The van der Waals surface area contributed by atoms with Gasteiger partial charge in [0.2, 0.25) is 0 Å². The van der Waals surface area contributed by atoms with Gasteiger partial charge in [0.05, 0.1) is 6.54 Å². The quantitative estimate of drug-likeness (QED) is 0.879. The van der Waals surface area contributed by atoms with Crippen LogP contribution >= 0.6 is 11.3 Å². The summed E-state index contributed by atoms with van der Waals surface area (Å²) >= 11 is 1.72. The third kappa shape index (κ3) is 2.33. The second-order valence-corrected chi connectivity index (χ2v) is 5.13. The van der Waals surface area contributed by atoms with Crippen LogP contribution in [-0.4, -0.2) is 18.1 Å². The van der Waals surface area contributed by atoms with Crippen LogP contribution in [0.25, 0.3) is 0 Å². The van der Waals surface area contributed by atoms with Gasteiger partial charge in [-0.2, -0.15) is 0 Å². The zero-order valence-corrected chi connectivity index (χ0v) is 10.4. The molecule has 1 N–H and O–H groups in total. The van der Waals surface area contributed by atoms with Crippen LogP contribution in [0.4, 0.5) is 5.69 Å². The summed E-state index contributed by atoms with van der Waals surface area (Å²) in [6, 6.07) is 8.62. The molecule has 3 rings (SSSR count). The molecule has 2 aromatic rings. The van der Waals surface area contributed by atoms with Gasteiger partial charge in [-0.1, -0.05) is 18.2 Å². The molecular formula is C13H15N3S. The van der Waals surface area contributed by atoms with Crippen LogP contribution in [0.1, 0.15) is 10.6 Å². The number of nitrogens with zero attached hydrogens (tertiary/aromatic N) is 2. The average molecular weight is 245 g/mol. The van der Waals surface area contributed by atoms with Gasteiger partial charge in [0.1, 0.15) is 5.01 Å². The molecule has 0 spiro atoms. The first-order valence-corrected chi connectivity index (χ1v) is 6.73. The van der Waals surface area contributed by atoms with E-state index in [0.29, 0.717) is 0 Å². The lowest BCUT2D eigenvalue weighted by molar-refractivity contribution is 0.687. The Hall–Kier alpha value is -1.39. The molecule has 0 bridgehead atoms. The number of hydrogen-bond acceptors (Lipinski definition) is 4. The van der Waals surface area contributed by atoms with Gasteiger partial charge in [0.25, 0.3) is 0 Å². The Morgan fingerprint density at radius 2 is 2.29 bits per heavy atom. The summed E-state index contributed by atoms with van der Waals surface area (Å²) in [7, 11) is 0. The monoisotopic (exact) mass is 245 g/mol. The summed E-state index contributed by atoms with van der Waals surface area (Å²) in [6.07, 6.45) is 1.88. The van der Waals surface area contributed by atoms with E-state index in [0.717, 1.165) is 26.2 Å². The van der Waals surface area contributed by atoms with Crippen LogP contribution in [0, 0.1) is 0 Å². The van der Waals surface area contributed by atoms with E-state index in [1.54, 1.807) is 11.3 Å². The van der Waals surface area contributed by atoms with E-state index in [2.05, 4.69) is 39.5 Å². The fourth-order valence-corrected chi connectivity index (χ4v) is 2.82. The van der Waals surface area contributed by atoms with Crippen LogP contribution in [0.2, 0.25) is 0 Å². The Bertz CT molecular complexity index is 481. The molecule has 0 atom stereocenters. The standard InChI is InChI=1S/C13H15N3S/c1-2-4-12-11(3-1)9-14-5-7-16(12)10-13-15-6-8-17-13/h1-4,6,8,14H,5,7,9-10H2. The van der Waals surface area contributed by atoms with E-state index < -0.39 is 0 Å². The van der Waals surface area contributed by atoms with Crippen molar-refractivity contribution in [3.05, 3.63) is 46.4 Å². The summed E-state index contributed by atoms with van der Waals surface area (Å²) in [4.78, 5) is 6.78. The number of aromatic nitrogens is 1. The summed E-state index contributed by atoms with van der Waals surface area (Å²) in [5.74, 6) is 0. The number of rotatable bonds is 2. The largest absolute Gasteiger partial charge is 0.363 e. The Morgan fingerprint density at radius 3 is 3.18 bits per heavy atom. The van der Waals surface area contributed by atoms with Crippen molar-refractivity contribution in [2.24, 2.45) is 0 Å². The van der Waals surface area contributed by atoms with Gasteiger partial charge in [-0.3, -0.25) is 0 Å². The number of nitrogens with one attached hydrogen (secondary N) is 1. The maximum atomic E-state index is 4.37. The van der Waals surface area contributed by atoms with Crippen molar-refractivity contribution in [3.63, 3.8) is 0 Å². The Morgan fingerprint density at radius 1 is 1.35 bits per heavy atom. The average Bonchev–Trinajstić information content (AvgIpc) is 2.78. The predicted molar refractivity (Wildman–Crippen MR) is 71.3 cm³/mol. The van der Waals surface area contributed by atoms with Crippen LogP contribution < -0.4 is 10.2 Å². The first-order valence-electron chi connectivity index (χ1n) is 5.85. The number of fused-ring (bicyclic) bond motifs is 1. The number of hydrogen-bond donors (Lipinski definition) is 1. The first kappa shape index (κ1) is 10.7. The Kier molecular flexibility index (Phi) is 3.07. The van der Waals surface area contributed by atoms with E-state index in [4.69, 9.17) is 0 Å². The minimum absolute atomic E-state index is 0.913. The lowest BCUT2D eigenvalue weighted by Crippen LogP contribution is -2.28. The lowest BCUT2D eigenvalue weighted by Gasteiger charge is -2.23. The van der Waals surface area contributed by atoms with Crippen LogP contribution in [0.15, 0.2) is 35.8 Å². The molecular weight excluding hydrogens is 230 g/mol. The molecule has 0 saturated carbocycles. The summed E-state index contributed by atoms with van der Waals surface area (Å²) < 4.78 is 0. The highest BCUT2D eigenvalue weighted by Crippen LogP contribution is 2.24. The summed E-state index contributed by atoms with van der Waals surface area (Å²) in [6.45, 7) is 3.94. The third-order valence-corrected chi connectivity index (χ3v) is 3.78. The smallest absolute Gasteiger partial charge is 0.112 e. The number of thiazole rings is 1. The molecule has 88 valence electrons. The van der Waals surface area contributed by atoms with Gasteiger partial charge in [0.15, 0.2) is 0 Å². The molecule has 2 heterocycles. The fraction of sp³-hybridized carbons (Fsp3) is 0.308. The van der Waals surface area contributed by atoms with Crippen molar-refractivity contribution in [2.75, 3.05) is 18.0 Å². The molecule has 4 heteroatoms. The van der Waals surface area contributed by atoms with Crippen molar-refractivity contribution < 1.29 is 0 Å². The number of benzene rings is 1. The zero-order valence-electron chi connectivity index (χ0n) is 9.60. The molecule has 0 unspecified atom stereocenters. The molecule has 1 aromatic carbocycles. The van der Waals surface area contributed by atoms with E-state index in [9.17, 15) is 0 Å². The third-order valence-electron chi connectivity index (χ3n) is 3.02. The SMILES string of the molecule is c1ccc2c(c1)CNCCN2Cc1nccs1. The van der Waals surface area contributed by atoms with E-state index in [-0.39, 0.29) is 0 Å². The first-order chi connectivity index (χ1) is 8.43. The molecule has 1 aliphatic heterocycles. The predicted octanol–water partition coefficient (Wildman–Crippen LogP) is 2.25. The lowest BCUT2D eigenvalue weighted by atomic mass is 10.1. The highest BCUT2D eigenvalue weighted by molar-refractivity contribution is 7.09. The maximum Gasteiger partial charge on any atom is 0.112 e. The van der Waals surface area contributed by atoms with E-state index >= 15 is 0 Å². The van der Waals surface area contributed by atoms with Gasteiger partial charge >= 0.3 is 0 Å². The summed E-state index contributed by atoms with van der Waals surface area (Å²) in [5.41, 5.74) is 2.72. The minimum atomic E-state index is 0.913. The molecule has 0 saturated heterocycles. The Balaban J connectivity index is 1.89. The molecule has 0 fully saturated rings. The normalized spacial score (nSPS) is 15.4. The van der Waals surface area contributed by atoms with Crippen molar-refractivity contribution in [3.8, 4) is 0 Å². The zero-order chi connectivity index (χ0) is 11.5. The molecule has 1 aliphatic rings. The highest BCUT2D eigenvalue weighted by Gasteiger charge is 2.15. The molecule has 3 nitrogen and oxygen atoms in total. The topological polar surface area (TPSA) is 28.2 Å². The minimum Gasteiger partial charge on any atom is -0.363 e. The van der Waals surface area contributed by atoms with Gasteiger partial charge in [0, 0.05) is 36.9 Å². The van der Waals surface area contributed by atoms with E-state index in [1.807, 2.05) is 11.6 Å². The second kappa shape index (κ2) is 4.85. The van der Waals surface area contributed by atoms with Gasteiger partial charge in [-0.25, -0.2) is 4.98 Å². The van der Waals surface area contributed by atoms with Crippen LogP contribution in [-0.2, 0) is 13.1 Å². The van der Waals surface area contributed by atoms with Gasteiger partial charge < -0.3 is 10.2 Å². The summed E-state index contributed by atoms with van der Waals surface area (Å²) in [5, 5.41) is 6.68. The molecule has 0 radical (unpaired) electrons. The van der Waals surface area contributed by atoms with Crippen molar-refractivity contribution >= 4 is 17.0 Å². The Labute approximate surface area is 105 Å². The second-order valence-electron chi connectivity index (χ2n) is 4.15. The number of anilines is 1. The van der Waals surface area contributed by atoms with Crippen molar-refractivity contribution in [1.82, 2.24) is 10.3 Å². The van der Waals surface area contributed by atoms with Gasteiger partial charge in [-0.15, -0.1) is 11.3 Å². The fourth-order valence-electron chi connectivity index (χ4n) is 2.18. The molecule has 0 aliphatic carbocycles. The van der Waals surface area contributed by atoms with Crippen LogP contribution in [0.5, 0.6) is 0 Å². The van der Waals surface area contributed by atoms with Crippen LogP contribution in [0.3, 0.4) is 0 Å². The molecule has 17 heavy (non-hydrogen) atoms. The number of para-hydroxylation sites is 1. The van der Waals surface area contributed by atoms with Crippen molar-refractivity contribution in [1.29, 1.82) is 0 Å². The van der Waals surface area contributed by atoms with Crippen molar-refractivity contribution in [2.45, 2.75) is 13.1 Å².